The maximum absolute atomic E-state index is 12.2. The summed E-state index contributed by atoms with van der Waals surface area (Å²) in [5.74, 6) is -1.11. The quantitative estimate of drug-likeness (QED) is 0.578. The Hall–Kier alpha value is -1.12. The predicted molar refractivity (Wildman–Crippen MR) is 42.1 cm³/mol. The molecule has 11 heavy (non-hydrogen) atoms. The van der Waals surface area contributed by atoms with Crippen molar-refractivity contribution in [1.29, 1.82) is 0 Å². The van der Waals surface area contributed by atoms with E-state index in [1.165, 1.54) is 0 Å². The third-order valence-electron chi connectivity index (χ3n) is 0.958. The summed E-state index contributed by atoms with van der Waals surface area (Å²) in [4.78, 5) is 0. The average Bonchev–Trinajstić information content (AvgIpc) is 2.02. The number of hydrogen-bond donors (Lipinski definition) is 1. The second kappa shape index (κ2) is 4.66. The standard InChI is InChI=1S/C6H5F2N.C2H6/c7-4-1-2-5(8)6(9)3-4;1-2/h1-3H,9H2;1-2H3. The van der Waals surface area contributed by atoms with Crippen molar-refractivity contribution in [3.8, 4) is 0 Å². The fourth-order valence-electron chi connectivity index (χ4n) is 0.515. The van der Waals surface area contributed by atoms with E-state index in [2.05, 4.69) is 0 Å². The van der Waals surface area contributed by atoms with E-state index in [1.54, 1.807) is 0 Å². The predicted octanol–water partition coefficient (Wildman–Crippen LogP) is 2.57. The van der Waals surface area contributed by atoms with Gasteiger partial charge in [0.25, 0.3) is 0 Å². The first-order chi connectivity index (χ1) is 5.20. The summed E-state index contributed by atoms with van der Waals surface area (Å²) in [5.41, 5.74) is 4.85. The lowest BCUT2D eigenvalue weighted by Gasteiger charge is -1.92. The van der Waals surface area contributed by atoms with E-state index in [4.69, 9.17) is 5.73 Å². The molecule has 0 fully saturated rings. The normalized spacial score (nSPS) is 8.36. The van der Waals surface area contributed by atoms with Crippen LogP contribution in [0.15, 0.2) is 18.2 Å². The van der Waals surface area contributed by atoms with Crippen LogP contribution in [0.25, 0.3) is 0 Å². The van der Waals surface area contributed by atoms with Crippen molar-refractivity contribution in [2.45, 2.75) is 13.8 Å². The summed E-state index contributed by atoms with van der Waals surface area (Å²) in [6, 6.07) is 2.95. The van der Waals surface area contributed by atoms with Crippen LogP contribution in [0.5, 0.6) is 0 Å². The number of halogens is 2. The van der Waals surface area contributed by atoms with Crippen LogP contribution in [0.2, 0.25) is 0 Å². The molecule has 2 N–H and O–H groups in total. The highest BCUT2D eigenvalue weighted by Gasteiger charge is 1.96. The van der Waals surface area contributed by atoms with Gasteiger partial charge in [0.05, 0.1) is 5.69 Å². The van der Waals surface area contributed by atoms with Gasteiger partial charge < -0.3 is 5.73 Å². The van der Waals surface area contributed by atoms with Gasteiger partial charge in [0, 0.05) is 0 Å². The second-order valence-electron chi connectivity index (χ2n) is 1.67. The number of anilines is 1. The van der Waals surface area contributed by atoms with Crippen molar-refractivity contribution in [3.63, 3.8) is 0 Å². The Morgan fingerprint density at radius 3 is 2.09 bits per heavy atom. The van der Waals surface area contributed by atoms with Crippen LogP contribution in [-0.4, -0.2) is 0 Å². The Morgan fingerprint density at radius 2 is 1.73 bits per heavy atom. The molecule has 0 atom stereocenters. The Kier molecular flexibility index (Phi) is 4.18. The fraction of sp³-hybridized carbons (Fsp3) is 0.250. The lowest BCUT2D eigenvalue weighted by atomic mass is 10.3. The maximum atomic E-state index is 12.2. The Labute approximate surface area is 64.8 Å². The molecular weight excluding hydrogens is 148 g/mol. The molecule has 0 saturated heterocycles. The van der Waals surface area contributed by atoms with Gasteiger partial charge in [-0.2, -0.15) is 0 Å². The number of hydrogen-bond acceptors (Lipinski definition) is 1. The molecule has 3 heteroatoms. The van der Waals surface area contributed by atoms with Crippen LogP contribution in [0.1, 0.15) is 13.8 Å². The Morgan fingerprint density at radius 1 is 1.18 bits per heavy atom. The summed E-state index contributed by atoms with van der Waals surface area (Å²) in [7, 11) is 0. The van der Waals surface area contributed by atoms with E-state index in [9.17, 15) is 8.78 Å². The third kappa shape index (κ3) is 2.98. The van der Waals surface area contributed by atoms with E-state index in [1.807, 2.05) is 13.8 Å². The monoisotopic (exact) mass is 159 g/mol. The minimum absolute atomic E-state index is 0.157. The van der Waals surface area contributed by atoms with Gasteiger partial charge in [0.2, 0.25) is 0 Å². The average molecular weight is 159 g/mol. The zero-order valence-electron chi connectivity index (χ0n) is 6.57. The molecule has 0 aliphatic carbocycles. The first kappa shape index (κ1) is 9.88. The maximum Gasteiger partial charge on any atom is 0.146 e. The van der Waals surface area contributed by atoms with Crippen LogP contribution >= 0.6 is 0 Å². The summed E-state index contributed by atoms with van der Waals surface area (Å²) in [5, 5.41) is 0. The molecule has 0 aromatic heterocycles. The summed E-state index contributed by atoms with van der Waals surface area (Å²) in [6.45, 7) is 4.00. The van der Waals surface area contributed by atoms with Crippen LogP contribution in [0.4, 0.5) is 14.5 Å². The van der Waals surface area contributed by atoms with Crippen molar-refractivity contribution < 1.29 is 8.78 Å². The van der Waals surface area contributed by atoms with Crippen LogP contribution < -0.4 is 5.73 Å². The molecular formula is C8H11F2N. The second-order valence-corrected chi connectivity index (χ2v) is 1.67. The van der Waals surface area contributed by atoms with Gasteiger partial charge in [0.1, 0.15) is 11.6 Å². The van der Waals surface area contributed by atoms with E-state index in [0.717, 1.165) is 18.2 Å². The first-order valence-corrected chi connectivity index (χ1v) is 3.40. The summed E-state index contributed by atoms with van der Waals surface area (Å²) in [6.07, 6.45) is 0. The number of nitrogens with two attached hydrogens (primary N) is 1. The fourth-order valence-corrected chi connectivity index (χ4v) is 0.515. The molecule has 0 bridgehead atoms. The third-order valence-corrected chi connectivity index (χ3v) is 0.958. The molecule has 0 spiro atoms. The molecule has 0 saturated carbocycles. The molecule has 1 aromatic rings. The molecule has 0 unspecified atom stereocenters. The van der Waals surface area contributed by atoms with Gasteiger partial charge >= 0.3 is 0 Å². The zero-order valence-corrected chi connectivity index (χ0v) is 6.57. The van der Waals surface area contributed by atoms with E-state index in [0.29, 0.717) is 0 Å². The smallest absolute Gasteiger partial charge is 0.146 e. The first-order valence-electron chi connectivity index (χ1n) is 3.40. The largest absolute Gasteiger partial charge is 0.396 e. The highest BCUT2D eigenvalue weighted by atomic mass is 19.1. The molecule has 1 nitrogen and oxygen atoms in total. The van der Waals surface area contributed by atoms with Crippen molar-refractivity contribution >= 4 is 5.69 Å². The molecule has 1 aromatic carbocycles. The SMILES string of the molecule is CC.Nc1cc(F)ccc1F. The lowest BCUT2D eigenvalue weighted by molar-refractivity contribution is 0.604. The van der Waals surface area contributed by atoms with E-state index < -0.39 is 11.6 Å². The van der Waals surface area contributed by atoms with Crippen LogP contribution in [0, 0.1) is 11.6 Å². The summed E-state index contributed by atoms with van der Waals surface area (Å²) < 4.78 is 24.3. The molecule has 62 valence electrons. The topological polar surface area (TPSA) is 26.0 Å². The van der Waals surface area contributed by atoms with Gasteiger partial charge in [0.15, 0.2) is 0 Å². The Balaban J connectivity index is 0.000000461. The van der Waals surface area contributed by atoms with Gasteiger partial charge in [-0.15, -0.1) is 0 Å². The van der Waals surface area contributed by atoms with Gasteiger partial charge in [-0.05, 0) is 18.2 Å². The van der Waals surface area contributed by atoms with Crippen molar-refractivity contribution in [3.05, 3.63) is 29.8 Å². The van der Waals surface area contributed by atoms with Crippen LogP contribution in [0.3, 0.4) is 0 Å². The van der Waals surface area contributed by atoms with Crippen molar-refractivity contribution in [2.24, 2.45) is 0 Å². The molecule has 0 aliphatic rings. The minimum Gasteiger partial charge on any atom is -0.396 e. The zero-order chi connectivity index (χ0) is 8.85. The number of nitrogen functional groups attached to an aromatic ring is 1. The van der Waals surface area contributed by atoms with Gasteiger partial charge in [-0.25, -0.2) is 8.78 Å². The van der Waals surface area contributed by atoms with Gasteiger partial charge in [-0.3, -0.25) is 0 Å². The summed E-state index contributed by atoms with van der Waals surface area (Å²) >= 11 is 0. The molecule has 0 aliphatic heterocycles. The molecule has 0 heterocycles. The van der Waals surface area contributed by atoms with Crippen molar-refractivity contribution in [1.82, 2.24) is 0 Å². The highest BCUT2D eigenvalue weighted by Crippen LogP contribution is 2.09. The van der Waals surface area contributed by atoms with Crippen LogP contribution in [-0.2, 0) is 0 Å². The minimum atomic E-state index is -0.587. The highest BCUT2D eigenvalue weighted by molar-refractivity contribution is 5.38. The molecule has 0 amide bonds. The number of benzene rings is 1. The van der Waals surface area contributed by atoms with Crippen molar-refractivity contribution in [2.75, 3.05) is 5.73 Å². The van der Waals surface area contributed by atoms with E-state index >= 15 is 0 Å². The van der Waals surface area contributed by atoms with Gasteiger partial charge in [-0.1, -0.05) is 13.8 Å². The molecule has 0 radical (unpaired) electrons. The Bertz CT molecular complexity index is 223. The lowest BCUT2D eigenvalue weighted by Crippen LogP contribution is -1.89. The number of rotatable bonds is 0. The molecule has 1 rings (SSSR count). The van der Waals surface area contributed by atoms with E-state index in [-0.39, 0.29) is 5.69 Å².